The van der Waals surface area contributed by atoms with Crippen molar-refractivity contribution in [2.75, 3.05) is 32.6 Å². The number of nitrogens with zero attached hydrogens (tertiary/aromatic N) is 4. The van der Waals surface area contributed by atoms with Crippen molar-refractivity contribution < 1.29 is 23.9 Å². The number of methoxy groups -OCH3 is 1. The number of urea groups is 1. The Balaban J connectivity index is 1.26. The first kappa shape index (κ1) is 30.6. The monoisotopic (exact) mass is 620 g/mol. The molecule has 0 spiro atoms. The smallest absolute Gasteiger partial charge is 0.332 e. The summed E-state index contributed by atoms with van der Waals surface area (Å²) < 4.78 is 5.21. The number of hydrogen-bond donors (Lipinski definition) is 2. The third-order valence-electron chi connectivity index (χ3n) is 8.70. The fourth-order valence-corrected chi connectivity index (χ4v) is 6.27. The van der Waals surface area contributed by atoms with Crippen LogP contribution in [0.1, 0.15) is 16.7 Å². The van der Waals surface area contributed by atoms with Crippen LogP contribution in [0.25, 0.3) is 10.8 Å². The van der Waals surface area contributed by atoms with Crippen LogP contribution in [0.15, 0.2) is 91.0 Å². The van der Waals surface area contributed by atoms with Crippen molar-refractivity contribution in [1.82, 2.24) is 25.1 Å². The normalized spacial score (nSPS) is 18.0. The van der Waals surface area contributed by atoms with Crippen molar-refractivity contribution in [1.29, 1.82) is 0 Å². The highest BCUT2D eigenvalue weighted by Crippen LogP contribution is 2.31. The zero-order valence-electron chi connectivity index (χ0n) is 25.8. The van der Waals surface area contributed by atoms with Gasteiger partial charge >= 0.3 is 6.03 Å². The Hall–Kier alpha value is -5.42. The number of anilines is 1. The summed E-state index contributed by atoms with van der Waals surface area (Å²) in [6.45, 7) is 0.860. The number of nitrogens with one attached hydrogen (secondary N) is 2. The molecule has 46 heavy (non-hydrogen) atoms. The largest absolute Gasteiger partial charge is 0.497 e. The van der Waals surface area contributed by atoms with Gasteiger partial charge in [-0.15, -0.1) is 0 Å². The molecule has 4 aromatic carbocycles. The Morgan fingerprint density at radius 3 is 2.41 bits per heavy atom. The molecule has 2 saturated heterocycles. The van der Waals surface area contributed by atoms with Crippen LogP contribution >= 0.6 is 0 Å². The molecule has 0 aliphatic carbocycles. The molecule has 2 fully saturated rings. The Bertz CT molecular complexity index is 1740. The third kappa shape index (κ3) is 6.22. The maximum Gasteiger partial charge on any atom is 0.332 e. The standard InChI is InChI=1S/C35H36N6O5/c1-38(35(45)36-19-25-12-16-29(46-2)17-13-25)40-22-33(43)41-31(18-24-10-14-28(15-11-24)37-23-42)34(44)39(21-32(40)41)20-27-8-5-7-26-6-3-4-9-30(26)27/h3-17,23,31-32H,18-22H2,1-2H3,(H,36,45)(H,37,42)/t31-,32+/m0/s1. The lowest BCUT2D eigenvalue weighted by Gasteiger charge is -2.46. The number of hydrazine groups is 1. The van der Waals surface area contributed by atoms with Gasteiger partial charge in [-0.3, -0.25) is 19.4 Å². The molecule has 5 amide bonds. The fourth-order valence-electron chi connectivity index (χ4n) is 6.27. The minimum atomic E-state index is -0.771. The van der Waals surface area contributed by atoms with Crippen molar-refractivity contribution in [3.05, 3.63) is 108 Å². The van der Waals surface area contributed by atoms with Gasteiger partial charge in [-0.25, -0.2) is 4.79 Å². The van der Waals surface area contributed by atoms with E-state index in [1.165, 1.54) is 5.01 Å². The Morgan fingerprint density at radius 2 is 1.67 bits per heavy atom. The zero-order chi connectivity index (χ0) is 32.2. The van der Waals surface area contributed by atoms with Gasteiger partial charge in [-0.05, 0) is 51.7 Å². The number of carbonyl (C=O) groups is 4. The molecule has 2 aliphatic heterocycles. The molecule has 0 aromatic heterocycles. The fraction of sp³-hybridized carbons (Fsp3) is 0.257. The van der Waals surface area contributed by atoms with Gasteiger partial charge in [0.05, 0.1) is 20.2 Å². The molecule has 2 atom stereocenters. The molecule has 2 N–H and O–H groups in total. The van der Waals surface area contributed by atoms with E-state index in [1.54, 1.807) is 41.1 Å². The van der Waals surface area contributed by atoms with E-state index in [0.717, 1.165) is 33.2 Å². The summed E-state index contributed by atoms with van der Waals surface area (Å²) in [7, 11) is 3.24. The summed E-state index contributed by atoms with van der Waals surface area (Å²) in [6.07, 6.45) is 0.352. The first-order chi connectivity index (χ1) is 22.4. The molecule has 4 aromatic rings. The molecule has 2 heterocycles. The summed E-state index contributed by atoms with van der Waals surface area (Å²) in [5.41, 5.74) is 3.39. The highest BCUT2D eigenvalue weighted by molar-refractivity contribution is 5.92. The van der Waals surface area contributed by atoms with Gasteiger partial charge in [0, 0.05) is 32.2 Å². The minimum absolute atomic E-state index is 0.0365. The minimum Gasteiger partial charge on any atom is -0.497 e. The lowest BCUT2D eigenvalue weighted by molar-refractivity contribution is -0.157. The van der Waals surface area contributed by atoms with Crippen LogP contribution in [-0.2, 0) is 33.9 Å². The number of ether oxygens (including phenoxy) is 1. The van der Waals surface area contributed by atoms with Gasteiger partial charge in [-0.1, -0.05) is 66.7 Å². The van der Waals surface area contributed by atoms with E-state index in [0.29, 0.717) is 25.2 Å². The lowest BCUT2D eigenvalue weighted by atomic mass is 9.98. The van der Waals surface area contributed by atoms with Crippen molar-refractivity contribution in [2.45, 2.75) is 31.7 Å². The summed E-state index contributed by atoms with van der Waals surface area (Å²) in [5.74, 6) is 0.356. The molecule has 11 nitrogen and oxygen atoms in total. The molecular weight excluding hydrogens is 584 g/mol. The summed E-state index contributed by atoms with van der Waals surface area (Å²) in [4.78, 5) is 55.5. The first-order valence-electron chi connectivity index (χ1n) is 15.1. The quantitative estimate of drug-likeness (QED) is 0.262. The van der Waals surface area contributed by atoms with E-state index in [2.05, 4.69) is 10.6 Å². The van der Waals surface area contributed by atoms with E-state index in [1.807, 2.05) is 78.9 Å². The van der Waals surface area contributed by atoms with Gasteiger partial charge in [0.25, 0.3) is 0 Å². The number of fused-ring (bicyclic) bond motifs is 2. The average molecular weight is 621 g/mol. The predicted octanol–water partition coefficient (Wildman–Crippen LogP) is 3.60. The van der Waals surface area contributed by atoms with Crippen LogP contribution in [0.4, 0.5) is 10.5 Å². The molecule has 236 valence electrons. The van der Waals surface area contributed by atoms with E-state index in [9.17, 15) is 19.2 Å². The molecule has 0 radical (unpaired) electrons. The summed E-state index contributed by atoms with van der Waals surface area (Å²) >= 11 is 0. The summed E-state index contributed by atoms with van der Waals surface area (Å²) in [6, 6.07) is 27.6. The van der Waals surface area contributed by atoms with Crippen LogP contribution in [0.2, 0.25) is 0 Å². The highest BCUT2D eigenvalue weighted by atomic mass is 16.5. The number of piperazine rings is 1. The molecule has 11 heteroatoms. The number of benzene rings is 4. The van der Waals surface area contributed by atoms with Gasteiger partial charge in [0.1, 0.15) is 18.0 Å². The summed E-state index contributed by atoms with van der Waals surface area (Å²) in [5, 5.41) is 10.9. The van der Waals surface area contributed by atoms with Crippen LogP contribution < -0.4 is 15.4 Å². The van der Waals surface area contributed by atoms with Crippen LogP contribution in [0.5, 0.6) is 5.75 Å². The molecule has 0 unspecified atom stereocenters. The van der Waals surface area contributed by atoms with Gasteiger partial charge in [0.2, 0.25) is 18.2 Å². The third-order valence-corrected chi connectivity index (χ3v) is 8.70. The SMILES string of the molecule is COc1ccc(CNC(=O)N(C)N2CC(=O)N3[C@@H](Cc4ccc(NC=O)cc4)C(=O)N(Cc4cccc5ccccc45)C[C@@H]32)cc1. The van der Waals surface area contributed by atoms with Crippen molar-refractivity contribution in [3.8, 4) is 5.75 Å². The van der Waals surface area contributed by atoms with Crippen molar-refractivity contribution in [2.24, 2.45) is 0 Å². The Labute approximate surface area is 267 Å². The zero-order valence-corrected chi connectivity index (χ0v) is 25.8. The predicted molar refractivity (Wildman–Crippen MR) is 173 cm³/mol. The van der Waals surface area contributed by atoms with Crippen LogP contribution in [-0.4, -0.2) is 83.5 Å². The molecule has 6 rings (SSSR count). The van der Waals surface area contributed by atoms with Crippen molar-refractivity contribution in [3.63, 3.8) is 0 Å². The van der Waals surface area contributed by atoms with E-state index < -0.39 is 12.2 Å². The van der Waals surface area contributed by atoms with E-state index >= 15 is 0 Å². The maximum absolute atomic E-state index is 14.2. The number of rotatable bonds is 10. The first-order valence-corrected chi connectivity index (χ1v) is 15.1. The Morgan fingerprint density at radius 1 is 0.957 bits per heavy atom. The highest BCUT2D eigenvalue weighted by Gasteiger charge is 2.51. The van der Waals surface area contributed by atoms with Gasteiger partial charge in [0.15, 0.2) is 0 Å². The average Bonchev–Trinajstić information content (AvgIpc) is 3.41. The topological polar surface area (TPSA) is 115 Å². The van der Waals surface area contributed by atoms with Crippen molar-refractivity contribution >= 4 is 40.7 Å². The molecule has 0 bridgehead atoms. The molecule has 0 saturated carbocycles. The van der Waals surface area contributed by atoms with E-state index in [4.69, 9.17) is 4.74 Å². The second-order valence-electron chi connectivity index (χ2n) is 11.4. The second kappa shape index (κ2) is 13.3. The molecule has 2 aliphatic rings. The van der Waals surface area contributed by atoms with Crippen LogP contribution in [0, 0.1) is 0 Å². The molecular formula is C35H36N6O5. The van der Waals surface area contributed by atoms with Gasteiger partial charge in [-0.2, -0.15) is 5.01 Å². The lowest BCUT2D eigenvalue weighted by Crippen LogP contribution is -2.65. The maximum atomic E-state index is 14.2. The number of hydrogen-bond acceptors (Lipinski definition) is 6. The van der Waals surface area contributed by atoms with E-state index in [-0.39, 0.29) is 37.4 Å². The van der Waals surface area contributed by atoms with Gasteiger partial charge < -0.3 is 25.2 Å². The second-order valence-corrected chi connectivity index (χ2v) is 11.4. The number of amides is 5. The number of carbonyl (C=O) groups excluding carboxylic acids is 4. The Kier molecular flexibility index (Phi) is 8.84. The van der Waals surface area contributed by atoms with Crippen LogP contribution in [0.3, 0.4) is 0 Å².